The topological polar surface area (TPSA) is 43.6 Å². The summed E-state index contributed by atoms with van der Waals surface area (Å²) >= 11 is 1.97. The Morgan fingerprint density at radius 1 is 1.29 bits per heavy atom. The molecule has 7 heteroatoms. The SMILES string of the molecule is Cc1cc(OCc2c(F)cccc2F)c2nc(C)c(C(=O)CCC3CCCSC3)n2c1. The summed E-state index contributed by atoms with van der Waals surface area (Å²) in [6.07, 6.45) is 5.65. The summed E-state index contributed by atoms with van der Waals surface area (Å²) in [5.41, 5.74) is 2.41. The Bertz CT molecular complexity index is 1090. The minimum absolute atomic E-state index is 0.0669. The van der Waals surface area contributed by atoms with Gasteiger partial charge >= 0.3 is 0 Å². The average molecular weight is 445 g/mol. The van der Waals surface area contributed by atoms with Gasteiger partial charge in [0.2, 0.25) is 0 Å². The first kappa shape index (κ1) is 21.8. The van der Waals surface area contributed by atoms with Crippen molar-refractivity contribution in [1.82, 2.24) is 9.38 Å². The molecule has 4 nitrogen and oxygen atoms in total. The Kier molecular flexibility index (Phi) is 6.60. The van der Waals surface area contributed by atoms with Crippen LogP contribution in [0.25, 0.3) is 5.65 Å². The summed E-state index contributed by atoms with van der Waals surface area (Å²) in [6, 6.07) is 5.50. The molecule has 1 aliphatic rings. The molecular formula is C24H26F2N2O2S. The highest BCUT2D eigenvalue weighted by Crippen LogP contribution is 2.29. The van der Waals surface area contributed by atoms with E-state index in [-0.39, 0.29) is 18.0 Å². The predicted molar refractivity (Wildman–Crippen MR) is 119 cm³/mol. The summed E-state index contributed by atoms with van der Waals surface area (Å²) in [5, 5.41) is 0. The Hall–Kier alpha value is -2.41. The average Bonchev–Trinajstić information content (AvgIpc) is 3.08. The molecule has 3 heterocycles. The molecule has 1 aromatic carbocycles. The Morgan fingerprint density at radius 2 is 2.06 bits per heavy atom. The van der Waals surface area contributed by atoms with E-state index in [1.165, 1.54) is 36.8 Å². The predicted octanol–water partition coefficient (Wildman–Crippen LogP) is 5.91. The van der Waals surface area contributed by atoms with Crippen LogP contribution in [0, 0.1) is 31.4 Å². The van der Waals surface area contributed by atoms with Gasteiger partial charge in [0.1, 0.15) is 23.9 Å². The molecule has 1 atom stereocenters. The number of thioether (sulfide) groups is 1. The van der Waals surface area contributed by atoms with E-state index >= 15 is 0 Å². The first-order chi connectivity index (χ1) is 14.9. The Balaban J connectivity index is 1.58. The number of pyridine rings is 1. The van der Waals surface area contributed by atoms with Crippen LogP contribution in [-0.4, -0.2) is 26.7 Å². The van der Waals surface area contributed by atoms with Crippen LogP contribution in [0.1, 0.15) is 53.0 Å². The fourth-order valence-corrected chi connectivity index (χ4v) is 5.31. The second-order valence-corrected chi connectivity index (χ2v) is 9.30. The van der Waals surface area contributed by atoms with Crippen LogP contribution in [0.15, 0.2) is 30.5 Å². The number of hydrogen-bond donors (Lipinski definition) is 0. The molecule has 0 radical (unpaired) electrons. The van der Waals surface area contributed by atoms with Crippen LogP contribution in [-0.2, 0) is 6.61 Å². The van der Waals surface area contributed by atoms with Gasteiger partial charge < -0.3 is 4.74 Å². The van der Waals surface area contributed by atoms with E-state index < -0.39 is 11.6 Å². The molecule has 0 spiro atoms. The van der Waals surface area contributed by atoms with Crippen molar-refractivity contribution in [3.05, 3.63) is 64.6 Å². The lowest BCUT2D eigenvalue weighted by atomic mass is 9.97. The van der Waals surface area contributed by atoms with Gasteiger partial charge in [-0.2, -0.15) is 11.8 Å². The fraction of sp³-hybridized carbons (Fsp3) is 0.417. The number of ether oxygens (including phenoxy) is 1. The first-order valence-electron chi connectivity index (χ1n) is 10.6. The first-order valence-corrected chi connectivity index (χ1v) is 11.8. The summed E-state index contributed by atoms with van der Waals surface area (Å²) in [5.74, 6) is 2.10. The van der Waals surface area contributed by atoms with Crippen molar-refractivity contribution in [1.29, 1.82) is 0 Å². The van der Waals surface area contributed by atoms with E-state index in [4.69, 9.17) is 4.74 Å². The van der Waals surface area contributed by atoms with E-state index in [1.807, 2.05) is 31.8 Å². The number of Topliss-reactive ketones (excluding diaryl/α,β-unsaturated/α-hetero) is 1. The summed E-state index contributed by atoms with van der Waals surface area (Å²) in [7, 11) is 0. The second kappa shape index (κ2) is 9.39. The number of benzene rings is 1. The zero-order valence-electron chi connectivity index (χ0n) is 17.8. The van der Waals surface area contributed by atoms with Gasteiger partial charge in [-0.1, -0.05) is 6.07 Å². The summed E-state index contributed by atoms with van der Waals surface area (Å²) in [6.45, 7) is 3.44. The summed E-state index contributed by atoms with van der Waals surface area (Å²) in [4.78, 5) is 17.6. The molecule has 164 valence electrons. The smallest absolute Gasteiger partial charge is 0.181 e. The van der Waals surface area contributed by atoms with Crippen LogP contribution in [0.2, 0.25) is 0 Å². The van der Waals surface area contributed by atoms with Gasteiger partial charge in [-0.25, -0.2) is 13.8 Å². The van der Waals surface area contributed by atoms with E-state index in [0.29, 0.717) is 35.1 Å². The van der Waals surface area contributed by atoms with Crippen molar-refractivity contribution >= 4 is 23.2 Å². The van der Waals surface area contributed by atoms with E-state index in [2.05, 4.69) is 4.98 Å². The number of carbonyl (C=O) groups is 1. The molecule has 0 bridgehead atoms. The standard InChI is InChI=1S/C24H26F2N2O2S/c1-15-11-22(30-13-18-19(25)6-3-7-20(18)26)24-27-16(2)23(28(24)12-15)21(29)9-8-17-5-4-10-31-14-17/h3,6-7,11-12,17H,4-5,8-10,13-14H2,1-2H3. The van der Waals surface area contributed by atoms with Crippen molar-refractivity contribution < 1.29 is 18.3 Å². The molecular weight excluding hydrogens is 418 g/mol. The molecule has 3 aromatic rings. The van der Waals surface area contributed by atoms with Crippen LogP contribution < -0.4 is 4.74 Å². The molecule has 0 amide bonds. The number of halogens is 2. The lowest BCUT2D eigenvalue weighted by Crippen LogP contribution is -2.13. The van der Waals surface area contributed by atoms with Crippen molar-refractivity contribution in [2.75, 3.05) is 11.5 Å². The number of aryl methyl sites for hydroxylation is 2. The van der Waals surface area contributed by atoms with Crippen molar-refractivity contribution in [3.8, 4) is 5.75 Å². The number of hydrogen-bond acceptors (Lipinski definition) is 4. The minimum atomic E-state index is -0.653. The highest BCUT2D eigenvalue weighted by atomic mass is 32.2. The van der Waals surface area contributed by atoms with Gasteiger partial charge in [-0.05, 0) is 74.3 Å². The van der Waals surface area contributed by atoms with Gasteiger partial charge in [-0.15, -0.1) is 0 Å². The zero-order chi connectivity index (χ0) is 22.0. The van der Waals surface area contributed by atoms with E-state index in [9.17, 15) is 13.6 Å². The fourth-order valence-electron chi connectivity index (χ4n) is 4.11. The van der Waals surface area contributed by atoms with Gasteiger partial charge in [0.05, 0.1) is 11.3 Å². The van der Waals surface area contributed by atoms with Gasteiger partial charge in [0, 0.05) is 12.6 Å². The molecule has 0 N–H and O–H groups in total. The van der Waals surface area contributed by atoms with Gasteiger partial charge in [0.15, 0.2) is 17.2 Å². The Morgan fingerprint density at radius 3 is 2.77 bits per heavy atom. The highest BCUT2D eigenvalue weighted by molar-refractivity contribution is 7.99. The molecule has 0 aliphatic carbocycles. The monoisotopic (exact) mass is 444 g/mol. The van der Waals surface area contributed by atoms with Gasteiger partial charge in [0.25, 0.3) is 0 Å². The second-order valence-electron chi connectivity index (χ2n) is 8.16. The van der Waals surface area contributed by atoms with Gasteiger partial charge in [-0.3, -0.25) is 9.20 Å². The summed E-state index contributed by atoms with van der Waals surface area (Å²) < 4.78 is 35.5. The number of imidazole rings is 1. The number of fused-ring (bicyclic) bond motifs is 1. The molecule has 1 aliphatic heterocycles. The lowest BCUT2D eigenvalue weighted by molar-refractivity contribution is 0.0967. The van der Waals surface area contributed by atoms with E-state index in [0.717, 1.165) is 17.7 Å². The number of nitrogens with zero attached hydrogens (tertiary/aromatic N) is 2. The molecule has 1 saturated heterocycles. The maximum Gasteiger partial charge on any atom is 0.181 e. The lowest BCUT2D eigenvalue weighted by Gasteiger charge is -2.20. The van der Waals surface area contributed by atoms with Crippen LogP contribution in [0.3, 0.4) is 0 Å². The van der Waals surface area contributed by atoms with E-state index in [1.54, 1.807) is 10.5 Å². The third-order valence-corrected chi connectivity index (χ3v) is 7.01. The number of ketones is 1. The van der Waals surface area contributed by atoms with Crippen LogP contribution >= 0.6 is 11.8 Å². The highest BCUT2D eigenvalue weighted by Gasteiger charge is 2.22. The third kappa shape index (κ3) is 4.76. The van der Waals surface area contributed by atoms with Crippen LogP contribution in [0.5, 0.6) is 5.75 Å². The van der Waals surface area contributed by atoms with Crippen molar-refractivity contribution in [2.45, 2.75) is 46.1 Å². The maximum atomic E-state index is 14.0. The molecule has 1 unspecified atom stereocenters. The quantitative estimate of drug-likeness (QED) is 0.425. The molecule has 1 fully saturated rings. The van der Waals surface area contributed by atoms with Crippen molar-refractivity contribution in [3.63, 3.8) is 0 Å². The van der Waals surface area contributed by atoms with Crippen molar-refractivity contribution in [2.24, 2.45) is 5.92 Å². The normalized spacial score (nSPS) is 16.6. The number of aromatic nitrogens is 2. The molecule has 2 aromatic heterocycles. The Labute approximate surface area is 185 Å². The molecule has 4 rings (SSSR count). The number of rotatable bonds is 7. The van der Waals surface area contributed by atoms with Crippen LogP contribution in [0.4, 0.5) is 8.78 Å². The third-order valence-electron chi connectivity index (χ3n) is 5.73. The maximum absolute atomic E-state index is 14.0. The minimum Gasteiger partial charge on any atom is -0.485 e. The zero-order valence-corrected chi connectivity index (χ0v) is 18.6. The molecule has 0 saturated carbocycles. The number of carbonyl (C=O) groups excluding carboxylic acids is 1. The largest absolute Gasteiger partial charge is 0.485 e. The molecule has 31 heavy (non-hydrogen) atoms.